The van der Waals surface area contributed by atoms with Crippen molar-refractivity contribution in [2.75, 3.05) is 0 Å². The Morgan fingerprint density at radius 1 is 0.889 bits per heavy atom. The minimum atomic E-state index is 0.452. The van der Waals surface area contributed by atoms with E-state index in [1.807, 2.05) is 18.2 Å². The van der Waals surface area contributed by atoms with Crippen LogP contribution in [0.25, 0.3) is 0 Å². The minimum Gasteiger partial charge on any atom is -0.508 e. The van der Waals surface area contributed by atoms with Gasteiger partial charge in [0.25, 0.3) is 0 Å². The number of rotatable bonds is 8. The van der Waals surface area contributed by atoms with Gasteiger partial charge in [-0.25, -0.2) is 0 Å². The van der Waals surface area contributed by atoms with E-state index >= 15 is 0 Å². The lowest BCUT2D eigenvalue weighted by atomic mass is 10.0. The molecule has 102 valence electrons. The first-order valence-corrected chi connectivity index (χ1v) is 6.78. The molecule has 0 unspecified atom stereocenters. The van der Waals surface area contributed by atoms with Gasteiger partial charge < -0.3 is 5.11 Å². The second kappa shape index (κ2) is 12.1. The van der Waals surface area contributed by atoms with Crippen LogP contribution in [-0.2, 0) is 6.42 Å². The van der Waals surface area contributed by atoms with Crippen LogP contribution >= 0.6 is 0 Å². The Balaban J connectivity index is 0.00000137. The standard InChI is InChI=1S/C15H24O.O2/c1-2-3-4-5-6-7-8-11-14-12-9-10-13-15(14)16;1-2/h9-10,12-13,16H,2-8,11H2,1H3;. The van der Waals surface area contributed by atoms with E-state index in [2.05, 4.69) is 6.92 Å². The zero-order chi connectivity index (χ0) is 13.6. The molecule has 18 heavy (non-hydrogen) atoms. The van der Waals surface area contributed by atoms with Crippen molar-refractivity contribution in [3.63, 3.8) is 0 Å². The van der Waals surface area contributed by atoms with Crippen LogP contribution in [0.1, 0.15) is 57.4 Å². The third kappa shape index (κ3) is 7.82. The molecule has 0 aliphatic carbocycles. The fourth-order valence-electron chi connectivity index (χ4n) is 1.99. The Hall–Kier alpha value is -1.38. The predicted octanol–water partition coefficient (Wildman–Crippen LogP) is 4.75. The van der Waals surface area contributed by atoms with Gasteiger partial charge in [0.2, 0.25) is 0 Å². The Morgan fingerprint density at radius 2 is 1.44 bits per heavy atom. The minimum absolute atomic E-state index is 0.452. The Bertz CT molecular complexity index is 300. The highest BCUT2D eigenvalue weighted by molar-refractivity contribution is 5.31. The van der Waals surface area contributed by atoms with Gasteiger partial charge in [0.15, 0.2) is 0 Å². The lowest BCUT2D eigenvalue weighted by molar-refractivity contribution is 0.466. The fourth-order valence-corrected chi connectivity index (χ4v) is 1.99. The van der Waals surface area contributed by atoms with Crippen molar-refractivity contribution in [3.05, 3.63) is 39.8 Å². The summed E-state index contributed by atoms with van der Waals surface area (Å²) in [5.74, 6) is 0.452. The zero-order valence-electron chi connectivity index (χ0n) is 11.2. The number of aryl methyl sites for hydroxylation is 1. The number of unbranched alkanes of at least 4 members (excludes halogenated alkanes) is 6. The zero-order valence-corrected chi connectivity index (χ0v) is 11.2. The maximum absolute atomic E-state index is 9.58. The van der Waals surface area contributed by atoms with Crippen molar-refractivity contribution in [3.8, 4) is 5.75 Å². The molecule has 0 fully saturated rings. The number of hydrogen-bond acceptors (Lipinski definition) is 3. The number of phenolic OH excluding ortho intramolecular Hbond substituents is 1. The van der Waals surface area contributed by atoms with E-state index in [1.165, 1.54) is 44.9 Å². The normalized spacial score (nSPS) is 9.61. The summed E-state index contributed by atoms with van der Waals surface area (Å²) in [6, 6.07) is 7.67. The molecular formula is C15H24O3. The smallest absolute Gasteiger partial charge is 0.118 e. The van der Waals surface area contributed by atoms with Crippen LogP contribution in [-0.4, -0.2) is 5.11 Å². The van der Waals surface area contributed by atoms with Gasteiger partial charge in [0.05, 0.1) is 0 Å². The van der Waals surface area contributed by atoms with Crippen molar-refractivity contribution in [1.82, 2.24) is 0 Å². The van der Waals surface area contributed by atoms with Gasteiger partial charge in [-0.15, -0.1) is 0 Å². The lowest BCUT2D eigenvalue weighted by Crippen LogP contribution is -1.87. The summed E-state index contributed by atoms with van der Waals surface area (Å²) >= 11 is 0. The van der Waals surface area contributed by atoms with Crippen molar-refractivity contribution < 1.29 is 5.11 Å². The molecule has 0 heterocycles. The van der Waals surface area contributed by atoms with Gasteiger partial charge in [-0.05, 0) is 24.5 Å². The van der Waals surface area contributed by atoms with E-state index < -0.39 is 0 Å². The number of hydrogen-bond donors (Lipinski definition) is 1. The summed E-state index contributed by atoms with van der Waals surface area (Å²) in [5, 5.41) is 9.58. The summed E-state index contributed by atoms with van der Waals surface area (Å²) in [7, 11) is 0. The predicted molar refractivity (Wildman–Crippen MR) is 76.5 cm³/mol. The molecule has 3 heteroatoms. The molecule has 0 aromatic heterocycles. The quantitative estimate of drug-likeness (QED) is 0.679. The first-order chi connectivity index (χ1) is 8.84. The molecule has 0 radical (unpaired) electrons. The second-order valence-corrected chi connectivity index (χ2v) is 4.50. The van der Waals surface area contributed by atoms with Gasteiger partial charge in [0.1, 0.15) is 5.75 Å². The molecule has 0 saturated heterocycles. The van der Waals surface area contributed by atoms with Gasteiger partial charge in [-0.2, -0.15) is 0 Å². The lowest BCUT2D eigenvalue weighted by Gasteiger charge is -2.04. The Kier molecular flexibility index (Phi) is 11.2. The van der Waals surface area contributed by atoms with Crippen LogP contribution in [0.2, 0.25) is 0 Å². The largest absolute Gasteiger partial charge is 0.508 e. The third-order valence-electron chi connectivity index (χ3n) is 3.04. The Morgan fingerprint density at radius 3 is 2.06 bits per heavy atom. The highest BCUT2D eigenvalue weighted by Gasteiger charge is 1.98. The first kappa shape index (κ1) is 16.6. The molecule has 0 atom stereocenters. The van der Waals surface area contributed by atoms with Crippen LogP contribution in [0, 0.1) is 9.93 Å². The van der Waals surface area contributed by atoms with Crippen LogP contribution in [0.4, 0.5) is 0 Å². The second-order valence-electron chi connectivity index (χ2n) is 4.50. The van der Waals surface area contributed by atoms with Gasteiger partial charge in [0, 0.05) is 9.93 Å². The monoisotopic (exact) mass is 252 g/mol. The summed E-state index contributed by atoms with van der Waals surface area (Å²) in [5.41, 5.74) is 1.09. The van der Waals surface area contributed by atoms with Gasteiger partial charge in [-0.3, -0.25) is 0 Å². The molecule has 0 amide bonds. The van der Waals surface area contributed by atoms with E-state index in [-0.39, 0.29) is 0 Å². The fraction of sp³-hybridized carbons (Fsp3) is 0.600. The average Bonchev–Trinajstić information content (AvgIpc) is 2.42. The van der Waals surface area contributed by atoms with E-state index in [1.54, 1.807) is 6.07 Å². The maximum Gasteiger partial charge on any atom is 0.118 e. The van der Waals surface area contributed by atoms with E-state index in [9.17, 15) is 5.11 Å². The summed E-state index contributed by atoms with van der Waals surface area (Å²) < 4.78 is 0. The van der Waals surface area contributed by atoms with E-state index in [0.29, 0.717) is 5.75 Å². The average molecular weight is 252 g/mol. The van der Waals surface area contributed by atoms with E-state index in [0.717, 1.165) is 12.0 Å². The number of para-hydroxylation sites is 1. The molecule has 0 aliphatic heterocycles. The molecule has 0 saturated carbocycles. The number of benzene rings is 1. The number of phenols is 1. The topological polar surface area (TPSA) is 54.4 Å². The number of aromatic hydroxyl groups is 1. The van der Waals surface area contributed by atoms with Crippen LogP contribution in [0.5, 0.6) is 5.75 Å². The third-order valence-corrected chi connectivity index (χ3v) is 3.04. The van der Waals surface area contributed by atoms with Gasteiger partial charge in [-0.1, -0.05) is 63.6 Å². The van der Waals surface area contributed by atoms with Crippen LogP contribution in [0.15, 0.2) is 24.3 Å². The van der Waals surface area contributed by atoms with Crippen LogP contribution in [0.3, 0.4) is 0 Å². The first-order valence-electron chi connectivity index (χ1n) is 6.78. The molecule has 1 aromatic carbocycles. The molecule has 0 bridgehead atoms. The molecule has 1 rings (SSSR count). The van der Waals surface area contributed by atoms with Crippen molar-refractivity contribution in [1.29, 1.82) is 0 Å². The van der Waals surface area contributed by atoms with Gasteiger partial charge >= 0.3 is 0 Å². The maximum atomic E-state index is 9.58. The highest BCUT2D eigenvalue weighted by atomic mass is 16.7. The molecule has 0 spiro atoms. The summed E-state index contributed by atoms with van der Waals surface area (Å²) in [6.45, 7) is 2.25. The molecule has 0 aliphatic rings. The Labute approximate surface area is 109 Å². The molecule has 1 N–H and O–H groups in total. The highest BCUT2D eigenvalue weighted by Crippen LogP contribution is 2.18. The van der Waals surface area contributed by atoms with Crippen LogP contribution < -0.4 is 0 Å². The van der Waals surface area contributed by atoms with Crippen molar-refractivity contribution in [2.45, 2.75) is 58.3 Å². The molecular weight excluding hydrogens is 228 g/mol. The molecule has 1 aromatic rings. The molecule has 3 nitrogen and oxygen atoms in total. The summed E-state index contributed by atoms with van der Waals surface area (Å²) in [6.07, 6.45) is 10.3. The van der Waals surface area contributed by atoms with Crippen molar-refractivity contribution >= 4 is 0 Å². The summed E-state index contributed by atoms with van der Waals surface area (Å²) in [4.78, 5) is 14.0. The van der Waals surface area contributed by atoms with E-state index in [4.69, 9.17) is 9.93 Å². The SMILES string of the molecule is CCCCCCCCCc1ccccc1O.O=O. The van der Waals surface area contributed by atoms with Crippen molar-refractivity contribution in [2.24, 2.45) is 0 Å².